The Hall–Kier alpha value is -1.19. The molecule has 1 aromatic rings. The fourth-order valence-electron chi connectivity index (χ4n) is 1.39. The van der Waals surface area contributed by atoms with Gasteiger partial charge in [0.05, 0.1) is 5.75 Å². The highest BCUT2D eigenvalue weighted by Gasteiger charge is 2.17. The zero-order valence-electron chi connectivity index (χ0n) is 9.46. The van der Waals surface area contributed by atoms with Gasteiger partial charge in [-0.25, -0.2) is 8.42 Å². The monoisotopic (exact) mass is 330 g/mol. The summed E-state index contributed by atoms with van der Waals surface area (Å²) in [5.74, 6) is -1.16. The molecule has 0 aliphatic heterocycles. The van der Waals surface area contributed by atoms with Crippen LogP contribution in [0.3, 0.4) is 0 Å². The number of halogens is 2. The molecule has 0 aliphatic carbocycles. The quantitative estimate of drug-likeness (QED) is 0.599. The first-order chi connectivity index (χ1) is 8.52. The van der Waals surface area contributed by atoms with Crippen LogP contribution >= 0.6 is 10.7 Å². The van der Waals surface area contributed by atoms with Crippen LogP contribution in [0.1, 0.15) is 21.5 Å². The summed E-state index contributed by atoms with van der Waals surface area (Å²) in [4.78, 5) is 10.8. The third-order valence-corrected chi connectivity index (χ3v) is 3.55. The molecule has 0 aliphatic rings. The fourth-order valence-corrected chi connectivity index (χ4v) is 2.74. The van der Waals surface area contributed by atoms with Crippen molar-refractivity contribution in [1.29, 1.82) is 0 Å². The normalized spacial score (nSPS) is 12.2. The Labute approximate surface area is 114 Å². The third kappa shape index (κ3) is 5.13. The molecule has 1 aromatic carbocycles. The van der Waals surface area contributed by atoms with Crippen molar-refractivity contribution in [2.24, 2.45) is 0 Å². The third-order valence-electron chi connectivity index (χ3n) is 2.18. The maximum Gasteiger partial charge on any atom is 0.488 e. The number of rotatable bonds is 5. The Bertz CT molecular complexity index is 710. The molecule has 0 heterocycles. The minimum atomic E-state index is -5.27. The molecule has 0 unspecified atom stereocenters. The van der Waals surface area contributed by atoms with Gasteiger partial charge in [0.15, 0.2) is 0 Å². The van der Waals surface area contributed by atoms with Crippen LogP contribution in [0.4, 0.5) is 3.89 Å². The minimum Gasteiger partial charge on any atom is -0.358 e. The first-order valence-electron chi connectivity index (χ1n) is 4.67. The standard InChI is InChI=1S/C9H8ClFO6S2/c1-6-7(4-12)2-9(17-19(11,15)16)3-8(6)5-18(10,13)14/h2-4H,5H2,1H3. The number of benzene rings is 1. The van der Waals surface area contributed by atoms with E-state index in [0.717, 1.165) is 12.1 Å². The molecular formula is C9H8ClFO6S2. The minimum absolute atomic E-state index is 0.0310. The van der Waals surface area contributed by atoms with Gasteiger partial charge in [-0.2, -0.15) is 8.42 Å². The highest BCUT2D eigenvalue weighted by atomic mass is 35.7. The number of carbonyl (C=O) groups is 1. The molecule has 0 atom stereocenters. The van der Waals surface area contributed by atoms with Gasteiger partial charge >= 0.3 is 10.5 Å². The molecule has 0 saturated carbocycles. The van der Waals surface area contributed by atoms with E-state index in [-0.39, 0.29) is 16.7 Å². The van der Waals surface area contributed by atoms with Crippen molar-refractivity contribution >= 4 is 36.5 Å². The fraction of sp³-hybridized carbons (Fsp3) is 0.222. The van der Waals surface area contributed by atoms with E-state index >= 15 is 0 Å². The van der Waals surface area contributed by atoms with Gasteiger partial charge in [0.25, 0.3) is 0 Å². The second-order valence-electron chi connectivity index (χ2n) is 3.57. The van der Waals surface area contributed by atoms with Crippen LogP contribution in [0.15, 0.2) is 12.1 Å². The summed E-state index contributed by atoms with van der Waals surface area (Å²) >= 11 is 0. The Balaban J connectivity index is 3.38. The summed E-state index contributed by atoms with van der Waals surface area (Å²) in [7, 11) is -4.13. The molecule has 19 heavy (non-hydrogen) atoms. The lowest BCUT2D eigenvalue weighted by molar-refractivity contribution is 0.112. The molecule has 0 aromatic heterocycles. The lowest BCUT2D eigenvalue weighted by Crippen LogP contribution is -2.05. The van der Waals surface area contributed by atoms with E-state index < -0.39 is 31.1 Å². The Morgan fingerprint density at radius 2 is 1.89 bits per heavy atom. The molecule has 6 nitrogen and oxygen atoms in total. The van der Waals surface area contributed by atoms with Crippen LogP contribution in [0, 0.1) is 6.92 Å². The Morgan fingerprint density at radius 3 is 2.32 bits per heavy atom. The predicted octanol–water partition coefficient (Wildman–Crippen LogP) is 1.47. The maximum absolute atomic E-state index is 12.4. The summed E-state index contributed by atoms with van der Waals surface area (Å²) in [6, 6.07) is 1.96. The topological polar surface area (TPSA) is 94.6 Å². The van der Waals surface area contributed by atoms with Crippen molar-refractivity contribution < 1.29 is 29.7 Å². The van der Waals surface area contributed by atoms with Crippen LogP contribution < -0.4 is 4.18 Å². The van der Waals surface area contributed by atoms with Gasteiger partial charge in [-0.05, 0) is 30.2 Å². The average Bonchev–Trinajstić information content (AvgIpc) is 2.18. The van der Waals surface area contributed by atoms with E-state index in [1.165, 1.54) is 6.92 Å². The van der Waals surface area contributed by atoms with Crippen LogP contribution in [0.25, 0.3) is 0 Å². The lowest BCUT2D eigenvalue weighted by Gasteiger charge is -2.09. The molecule has 0 bridgehead atoms. The molecule has 0 spiro atoms. The summed E-state index contributed by atoms with van der Waals surface area (Å²) in [5.41, 5.74) is 0.289. The first kappa shape index (κ1) is 15.9. The van der Waals surface area contributed by atoms with Crippen molar-refractivity contribution in [2.45, 2.75) is 12.7 Å². The summed E-state index contributed by atoms with van der Waals surface area (Å²) in [6.07, 6.45) is 0.359. The lowest BCUT2D eigenvalue weighted by atomic mass is 10.0. The molecule has 106 valence electrons. The second-order valence-corrected chi connectivity index (χ2v) is 7.30. The smallest absolute Gasteiger partial charge is 0.358 e. The van der Waals surface area contributed by atoms with E-state index in [0.29, 0.717) is 6.29 Å². The summed E-state index contributed by atoms with van der Waals surface area (Å²) in [6.45, 7) is 1.44. The van der Waals surface area contributed by atoms with Gasteiger partial charge in [-0.15, -0.1) is 0 Å². The number of hydrogen-bond acceptors (Lipinski definition) is 6. The number of carbonyl (C=O) groups excluding carboxylic acids is 1. The molecule has 0 saturated heterocycles. The average molecular weight is 331 g/mol. The summed E-state index contributed by atoms with van der Waals surface area (Å²) in [5, 5.41) is 0. The van der Waals surface area contributed by atoms with Crippen molar-refractivity contribution in [3.8, 4) is 5.75 Å². The van der Waals surface area contributed by atoms with Gasteiger partial charge in [-0.1, -0.05) is 3.89 Å². The molecule has 10 heteroatoms. The van der Waals surface area contributed by atoms with Crippen LogP contribution in [0.5, 0.6) is 5.75 Å². The Morgan fingerprint density at radius 1 is 1.32 bits per heavy atom. The van der Waals surface area contributed by atoms with E-state index in [9.17, 15) is 25.5 Å². The molecule has 1 rings (SSSR count). The van der Waals surface area contributed by atoms with E-state index in [1.54, 1.807) is 0 Å². The molecule has 0 radical (unpaired) electrons. The zero-order valence-corrected chi connectivity index (χ0v) is 11.8. The van der Waals surface area contributed by atoms with E-state index in [4.69, 9.17) is 10.7 Å². The van der Waals surface area contributed by atoms with Gasteiger partial charge in [0, 0.05) is 16.2 Å². The van der Waals surface area contributed by atoms with Gasteiger partial charge in [-0.3, -0.25) is 4.79 Å². The van der Waals surface area contributed by atoms with Crippen LogP contribution in [0.2, 0.25) is 0 Å². The molecular weight excluding hydrogens is 323 g/mol. The maximum atomic E-state index is 12.4. The van der Waals surface area contributed by atoms with E-state index in [1.807, 2.05) is 0 Å². The first-order valence-corrected chi connectivity index (χ1v) is 8.45. The number of aldehydes is 1. The largest absolute Gasteiger partial charge is 0.488 e. The molecule has 0 fully saturated rings. The van der Waals surface area contributed by atoms with Gasteiger partial charge in [0.1, 0.15) is 12.0 Å². The summed E-state index contributed by atoms with van der Waals surface area (Å²) < 4.78 is 59.1. The van der Waals surface area contributed by atoms with Crippen LogP contribution in [-0.2, 0) is 25.3 Å². The highest BCUT2D eigenvalue weighted by molar-refractivity contribution is 8.13. The van der Waals surface area contributed by atoms with Crippen LogP contribution in [-0.4, -0.2) is 23.1 Å². The van der Waals surface area contributed by atoms with Crippen molar-refractivity contribution in [3.63, 3.8) is 0 Å². The predicted molar refractivity (Wildman–Crippen MR) is 65.7 cm³/mol. The highest BCUT2D eigenvalue weighted by Crippen LogP contribution is 2.25. The van der Waals surface area contributed by atoms with Gasteiger partial charge in [0.2, 0.25) is 9.05 Å². The SMILES string of the molecule is Cc1c(C=O)cc(OS(=O)(=O)F)cc1CS(=O)(=O)Cl. The van der Waals surface area contributed by atoms with Crippen molar-refractivity contribution in [1.82, 2.24) is 0 Å². The molecule has 0 N–H and O–H groups in total. The Kier molecular flexibility index (Phi) is 4.54. The van der Waals surface area contributed by atoms with E-state index in [2.05, 4.69) is 4.18 Å². The zero-order chi connectivity index (χ0) is 14.8. The van der Waals surface area contributed by atoms with Gasteiger partial charge < -0.3 is 4.18 Å². The van der Waals surface area contributed by atoms with Crippen molar-refractivity contribution in [2.75, 3.05) is 0 Å². The van der Waals surface area contributed by atoms with Crippen molar-refractivity contribution in [3.05, 3.63) is 28.8 Å². The molecule has 0 amide bonds. The second kappa shape index (κ2) is 5.43. The number of hydrogen-bond donors (Lipinski definition) is 0.